The van der Waals surface area contributed by atoms with Gasteiger partial charge in [0.1, 0.15) is 12.5 Å². The van der Waals surface area contributed by atoms with E-state index in [1.807, 2.05) is 31.2 Å². The van der Waals surface area contributed by atoms with Crippen molar-refractivity contribution in [2.24, 2.45) is 35.5 Å². The molecular weight excluding hydrogens is 821 g/mol. The summed E-state index contributed by atoms with van der Waals surface area (Å²) < 4.78 is 11.1. The SMILES string of the molecule is [CH2-]Cc1c2[n-]c(c1C)/C=C1\[N-]/C(=C3\c4[n-]c(c(C)c4C(=O)[C@@H]3C(=O)OC)/C=c3\[n-]/c(c(C)c3CC)=C\2)[C@@H](CCC(=O)OC/C=C(\C)CCC[C@H](C)CCC[C@H](C)CCCC(C)C)[C@@H]1C.[Mg+2]. The summed E-state index contributed by atoms with van der Waals surface area (Å²) in [7, 11) is 1.30. The molecule has 0 N–H and O–H groups in total. The van der Waals surface area contributed by atoms with Gasteiger partial charge in [0.2, 0.25) is 0 Å². The van der Waals surface area contributed by atoms with E-state index in [4.69, 9.17) is 29.7 Å². The summed E-state index contributed by atoms with van der Waals surface area (Å²) in [6, 6.07) is 0. The Kier molecular flexibility index (Phi) is 18.5. The molecule has 5 atom stereocenters. The quantitative estimate of drug-likeness (QED) is 0.0361. The molecule has 3 aromatic rings. The van der Waals surface area contributed by atoms with Crippen LogP contribution >= 0.6 is 0 Å². The summed E-state index contributed by atoms with van der Waals surface area (Å²) in [5, 5.41) is 6.88. The van der Waals surface area contributed by atoms with Crippen LogP contribution in [-0.4, -0.2) is 54.5 Å². The Hall–Kier alpha value is -4.02. The number of nitrogens with zero attached hydrogens (tertiary/aromatic N) is 4. The van der Waals surface area contributed by atoms with E-state index in [0.717, 1.165) is 81.1 Å². The van der Waals surface area contributed by atoms with Crippen LogP contribution in [0.5, 0.6) is 0 Å². The van der Waals surface area contributed by atoms with Crippen LogP contribution in [0, 0.1) is 63.2 Å². The topological polar surface area (TPSA) is 126 Å². The number of allylic oxidation sites excluding steroid dienone is 3. The molecular formula is C55H73MgN4O5-3. The first kappa shape index (κ1) is 52.0. The van der Waals surface area contributed by atoms with E-state index in [1.54, 1.807) is 0 Å². The van der Waals surface area contributed by atoms with Gasteiger partial charge in [-0.1, -0.05) is 144 Å². The second kappa shape index (κ2) is 23.1. The monoisotopic (exact) mass is 894 g/mol. The molecule has 0 spiro atoms. The molecule has 9 nitrogen and oxygen atoms in total. The number of hydrogen-bond donors (Lipinski definition) is 0. The molecule has 3 aliphatic rings. The Morgan fingerprint density at radius 1 is 0.815 bits per heavy atom. The number of esters is 2. The summed E-state index contributed by atoms with van der Waals surface area (Å²) in [4.78, 5) is 56.7. The normalized spacial score (nSPS) is 21.7. The summed E-state index contributed by atoms with van der Waals surface area (Å²) in [6.07, 6.45) is 21.2. The van der Waals surface area contributed by atoms with Gasteiger partial charge in [0, 0.05) is 12.0 Å². The second-order valence-corrected chi connectivity index (χ2v) is 19.5. The number of ketones is 1. The predicted octanol–water partition coefficient (Wildman–Crippen LogP) is 10.1. The summed E-state index contributed by atoms with van der Waals surface area (Å²) in [6.45, 7) is 26.2. The van der Waals surface area contributed by atoms with Crippen LogP contribution in [0.25, 0.3) is 29.1 Å². The molecule has 1 fully saturated rings. The van der Waals surface area contributed by atoms with E-state index in [1.165, 1.54) is 57.6 Å². The van der Waals surface area contributed by atoms with E-state index < -0.39 is 11.9 Å². The van der Waals surface area contributed by atoms with Crippen LogP contribution in [-0.2, 0) is 31.9 Å². The van der Waals surface area contributed by atoms with Crippen LogP contribution in [0.3, 0.4) is 0 Å². The fourth-order valence-electron chi connectivity index (χ4n) is 10.2. The third-order valence-electron chi connectivity index (χ3n) is 14.3. The number of carbonyl (C=O) groups is 3. The van der Waals surface area contributed by atoms with Gasteiger partial charge in [-0.3, -0.25) is 14.4 Å². The minimum atomic E-state index is -1.21. The van der Waals surface area contributed by atoms with Gasteiger partial charge in [0.25, 0.3) is 0 Å². The molecule has 6 rings (SSSR count). The molecule has 0 radical (unpaired) electrons. The number of fused-ring (bicyclic) bond motifs is 7. The average Bonchev–Trinajstić information content (AvgIpc) is 3.99. The molecule has 3 aromatic heterocycles. The summed E-state index contributed by atoms with van der Waals surface area (Å²) >= 11 is 0. The Morgan fingerprint density at radius 2 is 1.46 bits per heavy atom. The number of hydrogen-bond acceptors (Lipinski definition) is 5. The van der Waals surface area contributed by atoms with Crippen LogP contribution in [0.2, 0.25) is 0 Å². The largest absolute Gasteiger partial charge is 2.00 e. The molecule has 0 aromatic carbocycles. The number of ether oxygens (including phenoxy) is 2. The van der Waals surface area contributed by atoms with Crippen molar-refractivity contribution < 1.29 is 23.9 Å². The molecule has 8 bridgehead atoms. The molecule has 348 valence electrons. The Balaban J connectivity index is 0.00000793. The van der Waals surface area contributed by atoms with E-state index in [0.29, 0.717) is 52.5 Å². The van der Waals surface area contributed by atoms with E-state index in [-0.39, 0.29) is 59.7 Å². The van der Waals surface area contributed by atoms with Crippen molar-refractivity contribution in [3.05, 3.63) is 102 Å². The van der Waals surface area contributed by atoms with Crippen molar-refractivity contribution in [2.45, 2.75) is 153 Å². The minimum Gasteiger partial charge on any atom is -0.664 e. The smallest absolute Gasteiger partial charge is 0.664 e. The van der Waals surface area contributed by atoms with Gasteiger partial charge in [-0.2, -0.15) is 17.8 Å². The van der Waals surface area contributed by atoms with Gasteiger partial charge in [0.15, 0.2) is 5.78 Å². The molecule has 10 heteroatoms. The number of carbonyl (C=O) groups excluding carboxylic acids is 3. The fourth-order valence-corrected chi connectivity index (χ4v) is 10.2. The standard InChI is InChI=1S/C55H74N4O5.Mg/c1-13-39-35(8)42-28-44-37(10)41(24-25-48(60)64-27-26-34(7)23-17-22-33(6)21-16-20-32(5)19-15-18-31(3)4)52(58-44)50-51(55(62)63-12)54(61)49-38(11)45(59-53(49)50)30-47-40(14-2)36(9)43(57-47)29-46(39)56-42;/h26,28-33,37,41,51H,1,13-25,27H2,2-12H3,(H-,58,59,61);/q-4;+2/p-1/b34-26+,43-29-,44-28-,47-30-;/t32-,33-,37+,41+,51-;/m1./s1. The molecule has 0 saturated carbocycles. The van der Waals surface area contributed by atoms with E-state index >= 15 is 0 Å². The summed E-state index contributed by atoms with van der Waals surface area (Å²) in [5.74, 6) is -0.673. The zero-order valence-corrected chi connectivity index (χ0v) is 42.8. The molecule has 5 heterocycles. The number of rotatable bonds is 20. The molecule has 0 amide bonds. The molecule has 65 heavy (non-hydrogen) atoms. The van der Waals surface area contributed by atoms with Gasteiger partial charge in [-0.25, -0.2) is 0 Å². The molecule has 1 aliphatic carbocycles. The molecule has 1 saturated heterocycles. The van der Waals surface area contributed by atoms with Crippen LogP contribution < -0.4 is 25.7 Å². The number of aromatic nitrogens is 3. The molecule has 0 unspecified atom stereocenters. The Labute approximate surface area is 405 Å². The average molecular weight is 895 g/mol. The van der Waals surface area contributed by atoms with Crippen molar-refractivity contribution in [2.75, 3.05) is 13.7 Å². The number of methoxy groups -OCH3 is 1. The van der Waals surface area contributed by atoms with Crippen LogP contribution in [0.15, 0.2) is 23.0 Å². The third-order valence-corrected chi connectivity index (χ3v) is 14.3. The van der Waals surface area contributed by atoms with Gasteiger partial charge in [0.05, 0.1) is 7.11 Å². The minimum absolute atomic E-state index is 0. The maximum Gasteiger partial charge on any atom is 2.00 e. The first-order valence-corrected chi connectivity index (χ1v) is 24.2. The van der Waals surface area contributed by atoms with Crippen LogP contribution in [0.1, 0.15) is 180 Å². The van der Waals surface area contributed by atoms with Crippen molar-refractivity contribution >= 4 is 64.6 Å². The fraction of sp³-hybridized carbons (Fsp3) is 0.564. The van der Waals surface area contributed by atoms with Crippen molar-refractivity contribution in [3.63, 3.8) is 0 Å². The van der Waals surface area contributed by atoms with Crippen molar-refractivity contribution in [1.29, 1.82) is 0 Å². The zero-order valence-electron chi connectivity index (χ0n) is 41.4. The maximum absolute atomic E-state index is 14.4. The molecule has 2 aliphatic heterocycles. The third kappa shape index (κ3) is 11.8. The van der Waals surface area contributed by atoms with Gasteiger partial charge >= 0.3 is 35.0 Å². The van der Waals surface area contributed by atoms with Gasteiger partial charge in [-0.15, -0.1) is 33.5 Å². The van der Waals surface area contributed by atoms with Gasteiger partial charge in [-0.05, 0) is 89.0 Å². The van der Waals surface area contributed by atoms with Crippen molar-refractivity contribution in [1.82, 2.24) is 15.0 Å². The van der Waals surface area contributed by atoms with Crippen LogP contribution in [0.4, 0.5) is 0 Å². The summed E-state index contributed by atoms with van der Waals surface area (Å²) in [5.41, 5.74) is 11.0. The van der Waals surface area contributed by atoms with Crippen molar-refractivity contribution in [3.8, 4) is 0 Å². The number of Topliss-reactive ketones (excluding diaryl/α,β-unsaturated/α-hetero) is 1. The second-order valence-electron chi connectivity index (χ2n) is 19.5. The van der Waals surface area contributed by atoms with Gasteiger partial charge < -0.3 is 36.7 Å². The first-order chi connectivity index (χ1) is 30.6. The van der Waals surface area contributed by atoms with E-state index in [9.17, 15) is 14.4 Å². The van der Waals surface area contributed by atoms with E-state index in [2.05, 4.69) is 69.2 Å². The predicted molar refractivity (Wildman–Crippen MR) is 263 cm³/mol. The maximum atomic E-state index is 14.4. The Bertz CT molecular complexity index is 2420. The Morgan fingerprint density at radius 3 is 2.11 bits per heavy atom. The zero-order chi connectivity index (χ0) is 46.4. The first-order valence-electron chi connectivity index (χ1n) is 24.2.